The molecule has 2 aromatic carbocycles. The maximum atomic E-state index is 12.2. The number of anilines is 1. The molecule has 6 nitrogen and oxygen atoms in total. The Balaban J connectivity index is 1.62. The Morgan fingerprint density at radius 1 is 0.923 bits per heavy atom. The first-order valence-corrected chi connectivity index (χ1v) is 7.99. The number of benzene rings is 2. The quantitative estimate of drug-likeness (QED) is 0.662. The SMILES string of the molecule is O=C(NCc1cccc(NC(=O)c2cccnc2)c1)c1cccc(O)c1. The minimum Gasteiger partial charge on any atom is -0.508 e. The monoisotopic (exact) mass is 347 g/mol. The van der Waals surface area contributed by atoms with Gasteiger partial charge in [0.05, 0.1) is 5.56 Å². The Labute approximate surface area is 150 Å². The van der Waals surface area contributed by atoms with Crippen LogP contribution < -0.4 is 10.6 Å². The summed E-state index contributed by atoms with van der Waals surface area (Å²) in [5, 5.41) is 15.0. The maximum Gasteiger partial charge on any atom is 0.257 e. The van der Waals surface area contributed by atoms with E-state index in [9.17, 15) is 14.7 Å². The molecule has 0 unspecified atom stereocenters. The third-order valence-corrected chi connectivity index (χ3v) is 3.67. The highest BCUT2D eigenvalue weighted by molar-refractivity contribution is 6.04. The fourth-order valence-electron chi connectivity index (χ4n) is 2.39. The minimum absolute atomic E-state index is 0.0396. The summed E-state index contributed by atoms with van der Waals surface area (Å²) in [6.07, 6.45) is 3.10. The van der Waals surface area contributed by atoms with E-state index in [0.717, 1.165) is 5.56 Å². The Morgan fingerprint density at radius 2 is 1.73 bits per heavy atom. The maximum absolute atomic E-state index is 12.2. The van der Waals surface area contributed by atoms with Gasteiger partial charge in [-0.15, -0.1) is 0 Å². The van der Waals surface area contributed by atoms with Crippen molar-refractivity contribution in [3.63, 3.8) is 0 Å². The second-order valence-corrected chi connectivity index (χ2v) is 5.63. The molecule has 3 rings (SSSR count). The van der Waals surface area contributed by atoms with E-state index in [-0.39, 0.29) is 17.6 Å². The Kier molecular flexibility index (Phi) is 5.24. The van der Waals surface area contributed by atoms with Crippen LogP contribution in [0, 0.1) is 0 Å². The highest BCUT2D eigenvalue weighted by atomic mass is 16.3. The normalized spacial score (nSPS) is 10.2. The lowest BCUT2D eigenvalue weighted by atomic mass is 10.1. The van der Waals surface area contributed by atoms with Crippen molar-refractivity contribution in [3.05, 3.63) is 89.7 Å². The number of pyridine rings is 1. The molecule has 130 valence electrons. The van der Waals surface area contributed by atoms with Crippen LogP contribution in [0.3, 0.4) is 0 Å². The van der Waals surface area contributed by atoms with E-state index < -0.39 is 0 Å². The fourth-order valence-corrected chi connectivity index (χ4v) is 2.39. The van der Waals surface area contributed by atoms with Crippen LogP contribution in [0.2, 0.25) is 0 Å². The van der Waals surface area contributed by atoms with Gasteiger partial charge >= 0.3 is 0 Å². The first kappa shape index (κ1) is 17.2. The predicted molar refractivity (Wildman–Crippen MR) is 97.9 cm³/mol. The number of hydrogen-bond acceptors (Lipinski definition) is 4. The molecule has 0 bridgehead atoms. The zero-order valence-corrected chi connectivity index (χ0v) is 13.8. The number of carbonyl (C=O) groups excluding carboxylic acids is 2. The van der Waals surface area contributed by atoms with Crippen LogP contribution in [0.5, 0.6) is 5.75 Å². The lowest BCUT2D eigenvalue weighted by molar-refractivity contribution is 0.0949. The molecule has 6 heteroatoms. The number of hydrogen-bond donors (Lipinski definition) is 3. The van der Waals surface area contributed by atoms with E-state index >= 15 is 0 Å². The zero-order chi connectivity index (χ0) is 18.4. The standard InChI is InChI=1S/C20H17N3O3/c24-18-8-2-5-15(11-18)19(25)22-12-14-4-1-7-17(10-14)23-20(26)16-6-3-9-21-13-16/h1-11,13,24H,12H2,(H,22,25)(H,23,26). The van der Waals surface area contributed by atoms with Crippen LogP contribution in [0.15, 0.2) is 73.1 Å². The van der Waals surface area contributed by atoms with Crippen molar-refractivity contribution in [2.75, 3.05) is 5.32 Å². The smallest absolute Gasteiger partial charge is 0.257 e. The van der Waals surface area contributed by atoms with Gasteiger partial charge in [0, 0.05) is 30.2 Å². The van der Waals surface area contributed by atoms with Crippen LogP contribution in [-0.2, 0) is 6.54 Å². The molecule has 0 saturated carbocycles. The van der Waals surface area contributed by atoms with Crippen molar-refractivity contribution in [2.45, 2.75) is 6.54 Å². The third kappa shape index (κ3) is 4.45. The van der Waals surface area contributed by atoms with Gasteiger partial charge in [-0.3, -0.25) is 14.6 Å². The summed E-state index contributed by atoms with van der Waals surface area (Å²) < 4.78 is 0. The third-order valence-electron chi connectivity index (χ3n) is 3.67. The van der Waals surface area contributed by atoms with Gasteiger partial charge in [0.15, 0.2) is 0 Å². The highest BCUT2D eigenvalue weighted by Gasteiger charge is 2.08. The Bertz CT molecular complexity index is 926. The molecule has 0 atom stereocenters. The van der Waals surface area contributed by atoms with Gasteiger partial charge in [-0.2, -0.15) is 0 Å². The predicted octanol–water partition coefficient (Wildman–Crippen LogP) is 2.97. The van der Waals surface area contributed by atoms with Crippen LogP contribution in [0.4, 0.5) is 5.69 Å². The molecular weight excluding hydrogens is 330 g/mol. The van der Waals surface area contributed by atoms with Crippen molar-refractivity contribution >= 4 is 17.5 Å². The fraction of sp³-hybridized carbons (Fsp3) is 0.0500. The molecule has 0 saturated heterocycles. The molecular formula is C20H17N3O3. The second-order valence-electron chi connectivity index (χ2n) is 5.63. The van der Waals surface area contributed by atoms with Gasteiger partial charge in [-0.1, -0.05) is 18.2 Å². The zero-order valence-electron chi connectivity index (χ0n) is 13.8. The van der Waals surface area contributed by atoms with E-state index in [1.165, 1.54) is 18.3 Å². The van der Waals surface area contributed by atoms with Gasteiger partial charge < -0.3 is 15.7 Å². The van der Waals surface area contributed by atoms with Crippen molar-refractivity contribution in [1.82, 2.24) is 10.3 Å². The summed E-state index contributed by atoms with van der Waals surface area (Å²) in [4.78, 5) is 28.2. The summed E-state index contributed by atoms with van der Waals surface area (Å²) in [5.41, 5.74) is 2.31. The molecule has 0 fully saturated rings. The van der Waals surface area contributed by atoms with E-state index in [2.05, 4.69) is 15.6 Å². The molecule has 2 amide bonds. The molecule has 1 aromatic heterocycles. The molecule has 0 aliphatic carbocycles. The Morgan fingerprint density at radius 3 is 2.50 bits per heavy atom. The van der Waals surface area contributed by atoms with Crippen LogP contribution in [0.1, 0.15) is 26.3 Å². The van der Waals surface area contributed by atoms with Gasteiger partial charge in [0.2, 0.25) is 0 Å². The number of aromatic nitrogens is 1. The average Bonchev–Trinajstić information content (AvgIpc) is 2.67. The van der Waals surface area contributed by atoms with Crippen molar-refractivity contribution in [3.8, 4) is 5.75 Å². The largest absolute Gasteiger partial charge is 0.508 e. The lowest BCUT2D eigenvalue weighted by Crippen LogP contribution is -2.22. The number of phenols is 1. The molecule has 26 heavy (non-hydrogen) atoms. The van der Waals surface area contributed by atoms with E-state index in [1.807, 2.05) is 6.07 Å². The second kappa shape index (κ2) is 7.94. The average molecular weight is 347 g/mol. The van der Waals surface area contributed by atoms with E-state index in [0.29, 0.717) is 23.4 Å². The summed E-state index contributed by atoms with van der Waals surface area (Å²) in [6.45, 7) is 0.297. The minimum atomic E-state index is -0.286. The van der Waals surface area contributed by atoms with Gasteiger partial charge in [-0.25, -0.2) is 0 Å². The lowest BCUT2D eigenvalue weighted by Gasteiger charge is -2.09. The van der Waals surface area contributed by atoms with Crippen LogP contribution in [0.25, 0.3) is 0 Å². The molecule has 0 aliphatic rings. The van der Waals surface area contributed by atoms with E-state index in [1.54, 1.807) is 48.7 Å². The molecule has 0 radical (unpaired) electrons. The summed E-state index contributed by atoms with van der Waals surface area (Å²) in [5.74, 6) is -0.498. The summed E-state index contributed by atoms with van der Waals surface area (Å²) in [7, 11) is 0. The molecule has 3 N–H and O–H groups in total. The Hall–Kier alpha value is -3.67. The highest BCUT2D eigenvalue weighted by Crippen LogP contribution is 2.13. The van der Waals surface area contributed by atoms with Gasteiger partial charge in [-0.05, 0) is 48.0 Å². The number of carbonyl (C=O) groups is 2. The van der Waals surface area contributed by atoms with Crippen molar-refractivity contribution in [2.24, 2.45) is 0 Å². The van der Waals surface area contributed by atoms with Crippen LogP contribution >= 0.6 is 0 Å². The first-order chi connectivity index (χ1) is 12.6. The number of phenolic OH excluding ortho intramolecular Hbond substituents is 1. The number of aromatic hydroxyl groups is 1. The van der Waals surface area contributed by atoms with Crippen LogP contribution in [-0.4, -0.2) is 21.9 Å². The summed E-state index contributed by atoms with van der Waals surface area (Å²) >= 11 is 0. The molecule has 1 heterocycles. The van der Waals surface area contributed by atoms with E-state index in [4.69, 9.17) is 0 Å². The van der Waals surface area contributed by atoms with Crippen molar-refractivity contribution < 1.29 is 14.7 Å². The van der Waals surface area contributed by atoms with Crippen molar-refractivity contribution in [1.29, 1.82) is 0 Å². The summed E-state index contributed by atoms with van der Waals surface area (Å²) in [6, 6.07) is 16.7. The number of amides is 2. The molecule has 3 aromatic rings. The molecule has 0 spiro atoms. The number of nitrogens with one attached hydrogen (secondary N) is 2. The topological polar surface area (TPSA) is 91.3 Å². The number of nitrogens with zero attached hydrogens (tertiary/aromatic N) is 1. The first-order valence-electron chi connectivity index (χ1n) is 7.99. The molecule has 0 aliphatic heterocycles. The number of rotatable bonds is 5. The van der Waals surface area contributed by atoms with Gasteiger partial charge in [0.25, 0.3) is 11.8 Å². The van der Waals surface area contributed by atoms with Gasteiger partial charge in [0.1, 0.15) is 5.75 Å².